The van der Waals surface area contributed by atoms with Crippen LogP contribution in [0.15, 0.2) is 24.3 Å². The molecule has 0 aliphatic heterocycles. The lowest BCUT2D eigenvalue weighted by atomic mass is 10.1. The van der Waals surface area contributed by atoms with Gasteiger partial charge in [0.25, 0.3) is 0 Å². The summed E-state index contributed by atoms with van der Waals surface area (Å²) in [6.07, 6.45) is -0.954. The summed E-state index contributed by atoms with van der Waals surface area (Å²) in [5.41, 5.74) is 0.248. The van der Waals surface area contributed by atoms with Crippen LogP contribution in [0.1, 0.15) is 11.7 Å². The van der Waals surface area contributed by atoms with Crippen molar-refractivity contribution in [2.75, 3.05) is 40.1 Å². The zero-order valence-electron chi connectivity index (χ0n) is 10.5. The normalized spacial score (nSPS) is 12.6. The highest BCUT2D eigenvalue weighted by Crippen LogP contribution is 2.16. The monoisotopic (exact) mass is 258 g/mol. The average Bonchev–Trinajstić information content (AvgIpc) is 2.38. The Morgan fingerprint density at radius 3 is 2.50 bits per heavy atom. The highest BCUT2D eigenvalue weighted by atomic mass is 19.1. The average molecular weight is 258 g/mol. The maximum Gasteiger partial charge on any atom is 0.129 e. The first-order valence-corrected chi connectivity index (χ1v) is 5.82. The van der Waals surface area contributed by atoms with Crippen molar-refractivity contribution in [2.45, 2.75) is 6.10 Å². The number of aliphatic hydroxyl groups excluding tert-OH is 1. The molecule has 0 aliphatic carbocycles. The molecule has 0 saturated carbocycles. The number of hydrogen-bond acceptors (Lipinski definition) is 4. The van der Waals surface area contributed by atoms with Crippen LogP contribution < -0.4 is 0 Å². The molecule has 0 fully saturated rings. The molecule has 5 heteroatoms. The van der Waals surface area contributed by atoms with Gasteiger partial charge < -0.3 is 19.3 Å². The summed E-state index contributed by atoms with van der Waals surface area (Å²) in [7, 11) is 1.60. The topological polar surface area (TPSA) is 47.9 Å². The van der Waals surface area contributed by atoms with Crippen LogP contribution >= 0.6 is 0 Å². The predicted molar refractivity (Wildman–Crippen MR) is 64.9 cm³/mol. The molecule has 0 spiro atoms. The summed E-state index contributed by atoms with van der Waals surface area (Å²) < 4.78 is 28.5. The Balaban J connectivity index is 2.14. The summed E-state index contributed by atoms with van der Waals surface area (Å²) in [5.74, 6) is -0.426. The van der Waals surface area contributed by atoms with Gasteiger partial charge in [0.1, 0.15) is 11.9 Å². The van der Waals surface area contributed by atoms with Crippen LogP contribution in [0.4, 0.5) is 4.39 Å². The second kappa shape index (κ2) is 8.99. The van der Waals surface area contributed by atoms with Crippen LogP contribution in [-0.2, 0) is 14.2 Å². The summed E-state index contributed by atoms with van der Waals surface area (Å²) >= 11 is 0. The van der Waals surface area contributed by atoms with E-state index in [4.69, 9.17) is 14.2 Å². The van der Waals surface area contributed by atoms with E-state index in [1.807, 2.05) is 0 Å². The molecule has 1 aromatic rings. The van der Waals surface area contributed by atoms with Crippen molar-refractivity contribution >= 4 is 0 Å². The summed E-state index contributed by atoms with van der Waals surface area (Å²) in [5, 5.41) is 9.72. The third-order valence-corrected chi connectivity index (χ3v) is 2.34. The summed E-state index contributed by atoms with van der Waals surface area (Å²) in [6.45, 7) is 1.88. The Kier molecular flexibility index (Phi) is 7.52. The summed E-state index contributed by atoms with van der Waals surface area (Å²) in [4.78, 5) is 0. The van der Waals surface area contributed by atoms with E-state index in [2.05, 4.69) is 0 Å². The number of rotatable bonds is 9. The first-order chi connectivity index (χ1) is 8.75. The third kappa shape index (κ3) is 5.55. The minimum atomic E-state index is -0.954. The van der Waals surface area contributed by atoms with E-state index < -0.39 is 11.9 Å². The van der Waals surface area contributed by atoms with Gasteiger partial charge in [0.15, 0.2) is 0 Å². The molecule has 0 amide bonds. The molecule has 18 heavy (non-hydrogen) atoms. The van der Waals surface area contributed by atoms with E-state index >= 15 is 0 Å². The Bertz CT molecular complexity index is 333. The minimum absolute atomic E-state index is 0.0502. The van der Waals surface area contributed by atoms with Crippen LogP contribution in [0.5, 0.6) is 0 Å². The minimum Gasteiger partial charge on any atom is -0.386 e. The van der Waals surface area contributed by atoms with Crippen LogP contribution in [0.3, 0.4) is 0 Å². The van der Waals surface area contributed by atoms with Gasteiger partial charge in [-0.2, -0.15) is 0 Å². The molecule has 0 saturated heterocycles. The molecule has 0 bridgehead atoms. The van der Waals surface area contributed by atoms with Crippen molar-refractivity contribution in [1.82, 2.24) is 0 Å². The molecule has 102 valence electrons. The Morgan fingerprint density at radius 2 is 1.78 bits per heavy atom. The highest BCUT2D eigenvalue weighted by molar-refractivity contribution is 5.19. The molecule has 0 radical (unpaired) electrons. The Labute approximate surface area is 106 Å². The van der Waals surface area contributed by atoms with Gasteiger partial charge in [-0.1, -0.05) is 18.2 Å². The molecule has 1 rings (SSSR count). The molecule has 1 N–H and O–H groups in total. The zero-order valence-corrected chi connectivity index (χ0v) is 10.5. The van der Waals surface area contributed by atoms with Crippen molar-refractivity contribution in [3.63, 3.8) is 0 Å². The smallest absolute Gasteiger partial charge is 0.129 e. The van der Waals surface area contributed by atoms with E-state index in [9.17, 15) is 9.50 Å². The van der Waals surface area contributed by atoms with E-state index in [1.165, 1.54) is 6.07 Å². The quantitative estimate of drug-likeness (QED) is 0.683. The fourth-order valence-electron chi connectivity index (χ4n) is 1.39. The summed E-state index contributed by atoms with van der Waals surface area (Å²) in [6, 6.07) is 6.11. The van der Waals surface area contributed by atoms with E-state index in [0.717, 1.165) is 0 Å². The molecule has 0 aromatic heterocycles. The number of halogens is 1. The number of ether oxygens (including phenoxy) is 3. The Morgan fingerprint density at radius 1 is 1.11 bits per heavy atom. The SMILES string of the molecule is COCCOCCOCC(O)c1ccccc1F. The Hall–Kier alpha value is -1.01. The first kappa shape index (κ1) is 15.0. The lowest BCUT2D eigenvalue weighted by molar-refractivity contribution is -0.00669. The molecule has 4 nitrogen and oxygen atoms in total. The van der Waals surface area contributed by atoms with Crippen molar-refractivity contribution < 1.29 is 23.7 Å². The lowest BCUT2D eigenvalue weighted by Crippen LogP contribution is -2.13. The molecule has 0 aliphatic rings. The van der Waals surface area contributed by atoms with Gasteiger partial charge in [-0.25, -0.2) is 4.39 Å². The second-order valence-corrected chi connectivity index (χ2v) is 3.72. The van der Waals surface area contributed by atoms with Gasteiger partial charge in [-0.15, -0.1) is 0 Å². The standard InChI is InChI=1S/C13H19FO4/c1-16-6-7-17-8-9-18-10-13(15)11-4-2-3-5-12(11)14/h2-5,13,15H,6-10H2,1H3. The fourth-order valence-corrected chi connectivity index (χ4v) is 1.39. The second-order valence-electron chi connectivity index (χ2n) is 3.72. The van der Waals surface area contributed by atoms with E-state index in [-0.39, 0.29) is 12.2 Å². The van der Waals surface area contributed by atoms with E-state index in [1.54, 1.807) is 25.3 Å². The number of benzene rings is 1. The molecule has 1 unspecified atom stereocenters. The third-order valence-electron chi connectivity index (χ3n) is 2.34. The number of aliphatic hydroxyl groups is 1. The van der Waals surface area contributed by atoms with Crippen LogP contribution in [0, 0.1) is 5.82 Å². The van der Waals surface area contributed by atoms with Crippen molar-refractivity contribution in [1.29, 1.82) is 0 Å². The van der Waals surface area contributed by atoms with Gasteiger partial charge in [0, 0.05) is 12.7 Å². The molecule has 0 heterocycles. The van der Waals surface area contributed by atoms with Crippen LogP contribution in [0.2, 0.25) is 0 Å². The van der Waals surface area contributed by atoms with Gasteiger partial charge in [-0.05, 0) is 6.07 Å². The predicted octanol–water partition coefficient (Wildman–Crippen LogP) is 1.54. The van der Waals surface area contributed by atoms with Gasteiger partial charge in [-0.3, -0.25) is 0 Å². The number of hydrogen-bond donors (Lipinski definition) is 1. The molecule has 1 atom stereocenters. The van der Waals surface area contributed by atoms with Crippen molar-refractivity contribution in [3.8, 4) is 0 Å². The zero-order chi connectivity index (χ0) is 13.2. The van der Waals surface area contributed by atoms with Crippen LogP contribution in [0.25, 0.3) is 0 Å². The van der Waals surface area contributed by atoms with Gasteiger partial charge in [0.05, 0.1) is 33.0 Å². The van der Waals surface area contributed by atoms with E-state index in [0.29, 0.717) is 26.4 Å². The maximum absolute atomic E-state index is 13.3. The largest absolute Gasteiger partial charge is 0.386 e. The molecular weight excluding hydrogens is 239 g/mol. The van der Waals surface area contributed by atoms with Gasteiger partial charge in [0.2, 0.25) is 0 Å². The van der Waals surface area contributed by atoms with Crippen molar-refractivity contribution in [3.05, 3.63) is 35.6 Å². The fraction of sp³-hybridized carbons (Fsp3) is 0.538. The highest BCUT2D eigenvalue weighted by Gasteiger charge is 2.11. The molecule has 1 aromatic carbocycles. The first-order valence-electron chi connectivity index (χ1n) is 5.82. The van der Waals surface area contributed by atoms with Crippen LogP contribution in [-0.4, -0.2) is 45.3 Å². The lowest BCUT2D eigenvalue weighted by Gasteiger charge is -2.12. The van der Waals surface area contributed by atoms with Gasteiger partial charge >= 0.3 is 0 Å². The van der Waals surface area contributed by atoms with Crippen molar-refractivity contribution in [2.24, 2.45) is 0 Å². The number of methoxy groups -OCH3 is 1. The maximum atomic E-state index is 13.3. The molecular formula is C13H19FO4.